The molecule has 2 aromatic rings. The SMILES string of the molecule is C#CCN(C)C(C=C)Cc1ccc(OCc2ccc(C(N)=O)cc2)cc1. The van der Waals surface area contributed by atoms with Crippen molar-refractivity contribution in [2.75, 3.05) is 13.6 Å². The summed E-state index contributed by atoms with van der Waals surface area (Å²) in [7, 11) is 1.99. The number of carbonyl (C=O) groups is 1. The number of likely N-dealkylation sites (N-methyl/N-ethyl adjacent to an activating group) is 1. The van der Waals surface area contributed by atoms with Gasteiger partial charge in [0.1, 0.15) is 12.4 Å². The first-order valence-electron chi connectivity index (χ1n) is 8.40. The number of amides is 1. The van der Waals surface area contributed by atoms with Gasteiger partial charge >= 0.3 is 0 Å². The Morgan fingerprint density at radius 1 is 1.23 bits per heavy atom. The molecule has 26 heavy (non-hydrogen) atoms. The van der Waals surface area contributed by atoms with Crippen molar-refractivity contribution in [1.29, 1.82) is 0 Å². The molecule has 0 saturated heterocycles. The van der Waals surface area contributed by atoms with Crippen LogP contribution < -0.4 is 10.5 Å². The maximum Gasteiger partial charge on any atom is 0.248 e. The van der Waals surface area contributed by atoms with E-state index < -0.39 is 5.91 Å². The highest BCUT2D eigenvalue weighted by molar-refractivity contribution is 5.92. The summed E-state index contributed by atoms with van der Waals surface area (Å²) in [5.41, 5.74) is 7.89. The smallest absolute Gasteiger partial charge is 0.248 e. The van der Waals surface area contributed by atoms with Crippen molar-refractivity contribution < 1.29 is 9.53 Å². The van der Waals surface area contributed by atoms with Gasteiger partial charge in [-0.25, -0.2) is 0 Å². The van der Waals surface area contributed by atoms with E-state index >= 15 is 0 Å². The van der Waals surface area contributed by atoms with Gasteiger partial charge in [0.05, 0.1) is 6.54 Å². The standard InChI is InChI=1S/C22H24N2O2/c1-4-14-24(3)20(5-2)15-17-8-12-21(13-9-17)26-16-18-6-10-19(11-7-18)22(23)25/h1,5-13,20H,2,14-16H2,3H3,(H2,23,25). The Labute approximate surface area is 155 Å². The maximum atomic E-state index is 11.1. The largest absolute Gasteiger partial charge is 0.489 e. The number of terminal acetylenes is 1. The van der Waals surface area contributed by atoms with Crippen molar-refractivity contribution in [2.45, 2.75) is 19.1 Å². The third kappa shape index (κ3) is 5.51. The normalized spacial score (nSPS) is 11.6. The van der Waals surface area contributed by atoms with Gasteiger partial charge < -0.3 is 10.5 Å². The van der Waals surface area contributed by atoms with Gasteiger partial charge in [-0.15, -0.1) is 13.0 Å². The molecule has 0 spiro atoms. The lowest BCUT2D eigenvalue weighted by atomic mass is 10.0. The minimum Gasteiger partial charge on any atom is -0.489 e. The Hall–Kier alpha value is -3.03. The van der Waals surface area contributed by atoms with E-state index in [0.29, 0.717) is 18.7 Å². The van der Waals surface area contributed by atoms with E-state index in [4.69, 9.17) is 16.9 Å². The summed E-state index contributed by atoms with van der Waals surface area (Å²) in [5, 5.41) is 0. The van der Waals surface area contributed by atoms with Crippen molar-refractivity contribution >= 4 is 5.91 Å². The molecular formula is C22H24N2O2. The summed E-state index contributed by atoms with van der Waals surface area (Å²) in [6, 6.07) is 15.3. The van der Waals surface area contributed by atoms with Crippen LogP contribution in [0.25, 0.3) is 0 Å². The summed E-state index contributed by atoms with van der Waals surface area (Å²) in [6.07, 6.45) is 8.13. The zero-order chi connectivity index (χ0) is 18.9. The highest BCUT2D eigenvalue weighted by Gasteiger charge is 2.11. The number of ether oxygens (including phenoxy) is 1. The topological polar surface area (TPSA) is 55.6 Å². The maximum absolute atomic E-state index is 11.1. The minimum atomic E-state index is -0.432. The molecule has 0 aliphatic heterocycles. The van der Waals surface area contributed by atoms with Crippen LogP contribution in [0.15, 0.2) is 61.2 Å². The van der Waals surface area contributed by atoms with Crippen LogP contribution in [0, 0.1) is 12.3 Å². The number of benzene rings is 2. The quantitative estimate of drug-likeness (QED) is 0.560. The number of nitrogens with zero attached hydrogens (tertiary/aromatic N) is 1. The second-order valence-corrected chi connectivity index (χ2v) is 6.12. The molecule has 0 radical (unpaired) electrons. The highest BCUT2D eigenvalue weighted by Crippen LogP contribution is 2.17. The lowest BCUT2D eigenvalue weighted by Gasteiger charge is -2.23. The van der Waals surface area contributed by atoms with Crippen LogP contribution in [0.2, 0.25) is 0 Å². The molecule has 0 saturated carbocycles. The molecule has 134 valence electrons. The van der Waals surface area contributed by atoms with Crippen molar-refractivity contribution in [3.8, 4) is 18.1 Å². The Morgan fingerprint density at radius 2 is 1.85 bits per heavy atom. The molecule has 4 heteroatoms. The van der Waals surface area contributed by atoms with E-state index in [1.165, 1.54) is 5.56 Å². The molecule has 2 rings (SSSR count). The van der Waals surface area contributed by atoms with E-state index in [9.17, 15) is 4.79 Å². The molecule has 0 aliphatic carbocycles. The Morgan fingerprint density at radius 3 is 2.38 bits per heavy atom. The van der Waals surface area contributed by atoms with E-state index in [1.54, 1.807) is 12.1 Å². The first kappa shape index (κ1) is 19.3. The number of primary amides is 1. The number of carbonyl (C=O) groups excluding carboxylic acids is 1. The van der Waals surface area contributed by atoms with Gasteiger partial charge in [0.15, 0.2) is 0 Å². The molecule has 0 fully saturated rings. The fraction of sp³-hybridized carbons (Fsp3) is 0.227. The van der Waals surface area contributed by atoms with Gasteiger partial charge in [-0.3, -0.25) is 9.69 Å². The summed E-state index contributed by atoms with van der Waals surface area (Å²) in [5.74, 6) is 3.01. The number of nitrogens with two attached hydrogens (primary N) is 1. The van der Waals surface area contributed by atoms with Crippen molar-refractivity contribution in [3.05, 3.63) is 77.9 Å². The van der Waals surface area contributed by atoms with Gasteiger partial charge in [0, 0.05) is 11.6 Å². The molecule has 0 aromatic heterocycles. The first-order valence-corrected chi connectivity index (χ1v) is 8.40. The van der Waals surface area contributed by atoms with Gasteiger partial charge in [-0.2, -0.15) is 0 Å². The molecule has 1 amide bonds. The predicted molar refractivity (Wildman–Crippen MR) is 105 cm³/mol. The van der Waals surface area contributed by atoms with Crippen molar-refractivity contribution in [1.82, 2.24) is 4.90 Å². The number of hydrogen-bond acceptors (Lipinski definition) is 3. The lowest BCUT2D eigenvalue weighted by molar-refractivity contribution is 0.1000. The van der Waals surface area contributed by atoms with Crippen LogP contribution in [0.5, 0.6) is 5.75 Å². The van der Waals surface area contributed by atoms with Gasteiger partial charge in [0.25, 0.3) is 0 Å². The zero-order valence-corrected chi connectivity index (χ0v) is 15.0. The third-order valence-electron chi connectivity index (χ3n) is 4.19. The molecule has 2 N–H and O–H groups in total. The fourth-order valence-electron chi connectivity index (χ4n) is 2.58. The monoisotopic (exact) mass is 348 g/mol. The van der Waals surface area contributed by atoms with Gasteiger partial charge in [-0.05, 0) is 48.9 Å². The summed E-state index contributed by atoms with van der Waals surface area (Å²) in [6.45, 7) is 4.91. The van der Waals surface area contributed by atoms with E-state index in [0.717, 1.165) is 17.7 Å². The summed E-state index contributed by atoms with van der Waals surface area (Å²) in [4.78, 5) is 13.2. The predicted octanol–water partition coefficient (Wildman–Crippen LogP) is 3.03. The zero-order valence-electron chi connectivity index (χ0n) is 15.0. The molecule has 1 atom stereocenters. The fourth-order valence-corrected chi connectivity index (χ4v) is 2.58. The molecule has 0 bridgehead atoms. The molecular weight excluding hydrogens is 324 g/mol. The Kier molecular flexibility index (Phi) is 7.02. The summed E-state index contributed by atoms with van der Waals surface area (Å²) >= 11 is 0. The number of hydrogen-bond donors (Lipinski definition) is 1. The third-order valence-corrected chi connectivity index (χ3v) is 4.19. The average Bonchev–Trinajstić information content (AvgIpc) is 2.65. The van der Waals surface area contributed by atoms with Crippen molar-refractivity contribution in [3.63, 3.8) is 0 Å². The highest BCUT2D eigenvalue weighted by atomic mass is 16.5. The van der Waals surface area contributed by atoms with Gasteiger partial charge in [0.2, 0.25) is 5.91 Å². The Bertz CT molecular complexity index is 773. The van der Waals surface area contributed by atoms with Crippen molar-refractivity contribution in [2.24, 2.45) is 5.73 Å². The molecule has 2 aromatic carbocycles. The first-order chi connectivity index (χ1) is 12.5. The average molecular weight is 348 g/mol. The number of rotatable bonds is 9. The van der Waals surface area contributed by atoms with E-state index in [1.807, 2.05) is 49.5 Å². The van der Waals surface area contributed by atoms with Gasteiger partial charge in [-0.1, -0.05) is 36.3 Å². The van der Waals surface area contributed by atoms with Crippen LogP contribution in [-0.4, -0.2) is 30.4 Å². The second-order valence-electron chi connectivity index (χ2n) is 6.12. The van der Waals surface area contributed by atoms with Crippen LogP contribution in [0.3, 0.4) is 0 Å². The lowest BCUT2D eigenvalue weighted by Crippen LogP contribution is -2.32. The molecule has 1 unspecified atom stereocenters. The molecule has 0 aliphatic rings. The minimum absolute atomic E-state index is 0.196. The Balaban J connectivity index is 1.91. The second kappa shape index (κ2) is 9.45. The van der Waals surface area contributed by atoms with Crippen LogP contribution in [-0.2, 0) is 13.0 Å². The van der Waals surface area contributed by atoms with E-state index in [-0.39, 0.29) is 6.04 Å². The van der Waals surface area contributed by atoms with Crippen LogP contribution in [0.4, 0.5) is 0 Å². The summed E-state index contributed by atoms with van der Waals surface area (Å²) < 4.78 is 5.79. The van der Waals surface area contributed by atoms with E-state index in [2.05, 4.69) is 17.4 Å². The van der Waals surface area contributed by atoms with Crippen LogP contribution in [0.1, 0.15) is 21.5 Å². The molecule has 4 nitrogen and oxygen atoms in total. The van der Waals surface area contributed by atoms with Crippen LogP contribution >= 0.6 is 0 Å². The molecule has 0 heterocycles.